The van der Waals surface area contributed by atoms with Crippen molar-refractivity contribution < 1.29 is 4.74 Å². The van der Waals surface area contributed by atoms with Gasteiger partial charge in [-0.25, -0.2) is 4.98 Å². The fraction of sp³-hybridized carbons (Fsp3) is 0.333. The molecule has 0 aliphatic heterocycles. The Morgan fingerprint density at radius 2 is 1.88 bits per heavy atom. The highest BCUT2D eigenvalue weighted by Gasteiger charge is 2.14. The molecule has 24 heavy (non-hydrogen) atoms. The van der Waals surface area contributed by atoms with Crippen LogP contribution in [0.2, 0.25) is 5.28 Å². The molecular formula is C18H20ClN3OS. The van der Waals surface area contributed by atoms with Crippen LogP contribution in [0.15, 0.2) is 24.3 Å². The number of halogens is 1. The quantitative estimate of drug-likeness (QED) is 0.588. The Bertz CT molecular complexity index is 859. The van der Waals surface area contributed by atoms with Gasteiger partial charge in [0, 0.05) is 10.6 Å². The van der Waals surface area contributed by atoms with Crippen LogP contribution in [-0.2, 0) is 0 Å². The second-order valence-corrected chi connectivity index (χ2v) is 7.70. The maximum absolute atomic E-state index is 6.07. The molecule has 2 aromatic heterocycles. The molecule has 4 nitrogen and oxygen atoms in total. The highest BCUT2D eigenvalue weighted by atomic mass is 35.5. The maximum atomic E-state index is 6.07. The zero-order valence-electron chi connectivity index (χ0n) is 14.2. The van der Waals surface area contributed by atoms with E-state index >= 15 is 0 Å². The summed E-state index contributed by atoms with van der Waals surface area (Å²) in [5.74, 6) is 2.11. The molecule has 2 heterocycles. The Balaban J connectivity index is 1.87. The lowest BCUT2D eigenvalue weighted by atomic mass is 10.2. The molecule has 6 heteroatoms. The van der Waals surface area contributed by atoms with Crippen LogP contribution < -0.4 is 10.1 Å². The third-order valence-electron chi connectivity index (χ3n) is 3.70. The summed E-state index contributed by atoms with van der Waals surface area (Å²) in [6.45, 7) is 9.14. The minimum atomic E-state index is 0.253. The number of ether oxygens (including phenoxy) is 1. The van der Waals surface area contributed by atoms with Gasteiger partial charge in [-0.2, -0.15) is 4.98 Å². The molecule has 0 aliphatic carbocycles. The summed E-state index contributed by atoms with van der Waals surface area (Å²) in [5.41, 5.74) is 2.12. The van der Waals surface area contributed by atoms with E-state index in [1.807, 2.05) is 24.3 Å². The smallest absolute Gasteiger partial charge is 0.225 e. The van der Waals surface area contributed by atoms with Gasteiger partial charge in [-0.1, -0.05) is 13.8 Å². The molecule has 1 N–H and O–H groups in total. The van der Waals surface area contributed by atoms with E-state index in [-0.39, 0.29) is 5.28 Å². The van der Waals surface area contributed by atoms with Crippen LogP contribution in [0.25, 0.3) is 10.2 Å². The molecule has 0 bridgehead atoms. The first-order valence-corrected chi connectivity index (χ1v) is 9.06. The summed E-state index contributed by atoms with van der Waals surface area (Å²) in [4.78, 5) is 10.8. The zero-order chi connectivity index (χ0) is 17.3. The van der Waals surface area contributed by atoms with Crippen LogP contribution in [0.3, 0.4) is 0 Å². The van der Waals surface area contributed by atoms with Gasteiger partial charge in [0.05, 0.1) is 12.0 Å². The average Bonchev–Trinajstić information content (AvgIpc) is 2.81. The predicted molar refractivity (Wildman–Crippen MR) is 102 cm³/mol. The number of anilines is 2. The van der Waals surface area contributed by atoms with E-state index in [2.05, 4.69) is 43.0 Å². The SMILES string of the molecule is Cc1sc2nc(Cl)nc(Nc3ccc(OCC(C)C)cc3)c2c1C. The van der Waals surface area contributed by atoms with Crippen molar-refractivity contribution >= 4 is 44.7 Å². The largest absolute Gasteiger partial charge is 0.493 e. The minimum absolute atomic E-state index is 0.253. The van der Waals surface area contributed by atoms with Crippen molar-refractivity contribution in [2.75, 3.05) is 11.9 Å². The lowest BCUT2D eigenvalue weighted by molar-refractivity contribution is 0.271. The minimum Gasteiger partial charge on any atom is -0.493 e. The number of rotatable bonds is 5. The van der Waals surface area contributed by atoms with E-state index in [9.17, 15) is 0 Å². The lowest BCUT2D eigenvalue weighted by Gasteiger charge is -2.11. The number of thiophene rings is 1. The topological polar surface area (TPSA) is 47.0 Å². The standard InChI is InChI=1S/C18H20ClN3OS/c1-10(2)9-23-14-7-5-13(6-8-14)20-16-15-11(3)12(4)24-17(15)22-18(19)21-16/h5-8,10H,9H2,1-4H3,(H,20,21,22). The van der Waals surface area contributed by atoms with Crippen molar-refractivity contribution in [2.24, 2.45) is 5.92 Å². The first-order valence-electron chi connectivity index (χ1n) is 7.87. The van der Waals surface area contributed by atoms with Crippen LogP contribution in [0, 0.1) is 19.8 Å². The molecule has 0 amide bonds. The Kier molecular flexibility index (Phi) is 4.92. The van der Waals surface area contributed by atoms with Crippen LogP contribution in [-0.4, -0.2) is 16.6 Å². The second kappa shape index (κ2) is 6.95. The number of fused-ring (bicyclic) bond motifs is 1. The van der Waals surface area contributed by atoms with Gasteiger partial charge in [0.25, 0.3) is 0 Å². The molecule has 0 atom stereocenters. The van der Waals surface area contributed by atoms with Gasteiger partial charge in [0.15, 0.2) is 0 Å². The third kappa shape index (κ3) is 3.62. The van der Waals surface area contributed by atoms with E-state index in [4.69, 9.17) is 16.3 Å². The first-order chi connectivity index (χ1) is 11.4. The number of hydrogen-bond acceptors (Lipinski definition) is 5. The number of aryl methyl sites for hydroxylation is 2. The predicted octanol–water partition coefficient (Wildman–Crippen LogP) is 5.74. The molecule has 0 unspecified atom stereocenters. The molecule has 1 aromatic carbocycles. The van der Waals surface area contributed by atoms with Gasteiger partial charge >= 0.3 is 0 Å². The molecular weight excluding hydrogens is 342 g/mol. The highest BCUT2D eigenvalue weighted by molar-refractivity contribution is 7.18. The van der Waals surface area contributed by atoms with Crippen LogP contribution in [0.5, 0.6) is 5.75 Å². The van der Waals surface area contributed by atoms with E-state index in [1.54, 1.807) is 11.3 Å². The Morgan fingerprint density at radius 1 is 1.17 bits per heavy atom. The van der Waals surface area contributed by atoms with Gasteiger partial charge in [-0.15, -0.1) is 11.3 Å². The molecule has 0 radical (unpaired) electrons. The number of aromatic nitrogens is 2. The number of hydrogen-bond donors (Lipinski definition) is 1. The molecule has 3 aromatic rings. The first kappa shape index (κ1) is 17.0. The molecule has 0 saturated carbocycles. The van der Waals surface area contributed by atoms with E-state index in [0.29, 0.717) is 12.5 Å². The van der Waals surface area contributed by atoms with Crippen molar-refractivity contribution in [3.8, 4) is 5.75 Å². The normalized spacial score (nSPS) is 11.2. The van der Waals surface area contributed by atoms with Gasteiger partial charge in [-0.05, 0) is 61.2 Å². The van der Waals surface area contributed by atoms with Crippen molar-refractivity contribution in [3.05, 3.63) is 40.0 Å². The Hall–Kier alpha value is -1.85. The molecule has 0 spiro atoms. The van der Waals surface area contributed by atoms with Crippen LogP contribution in [0.1, 0.15) is 24.3 Å². The summed E-state index contributed by atoms with van der Waals surface area (Å²) >= 11 is 7.71. The molecule has 0 saturated heterocycles. The van der Waals surface area contributed by atoms with Gasteiger partial charge in [0.1, 0.15) is 16.4 Å². The fourth-order valence-electron chi connectivity index (χ4n) is 2.35. The van der Waals surface area contributed by atoms with Gasteiger partial charge in [0.2, 0.25) is 5.28 Å². The molecule has 0 aliphatic rings. The van der Waals surface area contributed by atoms with Gasteiger partial charge in [-0.3, -0.25) is 0 Å². The maximum Gasteiger partial charge on any atom is 0.225 e. The van der Waals surface area contributed by atoms with Crippen molar-refractivity contribution in [1.82, 2.24) is 9.97 Å². The number of nitrogens with zero attached hydrogens (tertiary/aromatic N) is 2. The Morgan fingerprint density at radius 3 is 2.54 bits per heavy atom. The lowest BCUT2D eigenvalue weighted by Crippen LogP contribution is -2.04. The van der Waals surface area contributed by atoms with Crippen LogP contribution >= 0.6 is 22.9 Å². The monoisotopic (exact) mass is 361 g/mol. The highest BCUT2D eigenvalue weighted by Crippen LogP contribution is 2.35. The third-order valence-corrected chi connectivity index (χ3v) is 4.97. The van der Waals surface area contributed by atoms with E-state index < -0.39 is 0 Å². The van der Waals surface area contributed by atoms with E-state index in [1.165, 1.54) is 10.4 Å². The summed E-state index contributed by atoms with van der Waals surface area (Å²) in [7, 11) is 0. The summed E-state index contributed by atoms with van der Waals surface area (Å²) in [6.07, 6.45) is 0. The van der Waals surface area contributed by atoms with Crippen LogP contribution in [0.4, 0.5) is 11.5 Å². The molecule has 0 fully saturated rings. The molecule has 3 rings (SSSR count). The average molecular weight is 362 g/mol. The van der Waals surface area contributed by atoms with Crippen molar-refractivity contribution in [2.45, 2.75) is 27.7 Å². The summed E-state index contributed by atoms with van der Waals surface area (Å²) in [6, 6.07) is 7.87. The fourth-order valence-corrected chi connectivity index (χ4v) is 3.60. The summed E-state index contributed by atoms with van der Waals surface area (Å²) in [5, 5.41) is 4.63. The second-order valence-electron chi connectivity index (χ2n) is 6.16. The Labute approximate surface area is 150 Å². The number of benzene rings is 1. The van der Waals surface area contributed by atoms with Crippen molar-refractivity contribution in [3.63, 3.8) is 0 Å². The van der Waals surface area contributed by atoms with E-state index in [0.717, 1.165) is 27.5 Å². The summed E-state index contributed by atoms with van der Waals surface area (Å²) < 4.78 is 5.71. The van der Waals surface area contributed by atoms with Crippen molar-refractivity contribution in [1.29, 1.82) is 0 Å². The van der Waals surface area contributed by atoms with Gasteiger partial charge < -0.3 is 10.1 Å². The zero-order valence-corrected chi connectivity index (χ0v) is 15.8. The number of nitrogens with one attached hydrogen (secondary N) is 1. The molecule has 126 valence electrons.